The van der Waals surface area contributed by atoms with Crippen molar-refractivity contribution in [3.63, 3.8) is 0 Å². The van der Waals surface area contributed by atoms with E-state index in [1.807, 2.05) is 0 Å². The van der Waals surface area contributed by atoms with Gasteiger partial charge in [-0.15, -0.1) is 0 Å². The molecule has 9 heteroatoms. The second-order valence-corrected chi connectivity index (χ2v) is 4.03. The van der Waals surface area contributed by atoms with Crippen LogP contribution >= 0.6 is 0 Å². The van der Waals surface area contributed by atoms with Gasteiger partial charge in [-0.2, -0.15) is 0 Å². The van der Waals surface area contributed by atoms with E-state index in [9.17, 15) is 14.4 Å². The zero-order valence-electron chi connectivity index (χ0n) is 11.5. The van der Waals surface area contributed by atoms with E-state index < -0.39 is 30.0 Å². The molecular formula is C11H21N3O6. The number of urea groups is 1. The number of hydrogen-bond donors (Lipinski definition) is 5. The molecule has 3 amide bonds. The zero-order chi connectivity index (χ0) is 15.5. The number of ether oxygens (including phenoxy) is 1. The molecule has 0 fully saturated rings. The van der Waals surface area contributed by atoms with E-state index in [0.29, 0.717) is 13.2 Å². The molecule has 20 heavy (non-hydrogen) atoms. The summed E-state index contributed by atoms with van der Waals surface area (Å²) in [6.07, 6.45) is -0.114. The van der Waals surface area contributed by atoms with Crippen LogP contribution < -0.4 is 16.0 Å². The number of carboxylic acids is 1. The quantitative estimate of drug-likeness (QED) is 0.320. The molecule has 116 valence electrons. The molecule has 9 nitrogen and oxygen atoms in total. The number of hydrogen-bond acceptors (Lipinski definition) is 5. The number of methoxy groups -OCH3 is 1. The predicted octanol–water partition coefficient (Wildman–Crippen LogP) is -1.73. The van der Waals surface area contributed by atoms with E-state index in [-0.39, 0.29) is 13.0 Å². The van der Waals surface area contributed by atoms with Gasteiger partial charge in [0.05, 0.1) is 6.61 Å². The number of aliphatic carboxylic acids is 1. The zero-order valence-corrected chi connectivity index (χ0v) is 11.5. The standard InChI is InChI=1S/C11H21N3O6/c1-7(9(16)12-4-6-20-2)13-11(19)14-8(3-5-15)10(17)18/h7-8,15H,3-6H2,1-2H3,(H,12,16)(H,17,18)(H2,13,14,19). The van der Waals surface area contributed by atoms with Gasteiger partial charge in [-0.25, -0.2) is 9.59 Å². The fourth-order valence-electron chi connectivity index (χ4n) is 1.28. The summed E-state index contributed by atoms with van der Waals surface area (Å²) in [5, 5.41) is 24.5. The molecule has 2 unspecified atom stereocenters. The largest absolute Gasteiger partial charge is 0.480 e. The molecule has 0 spiro atoms. The number of nitrogens with one attached hydrogen (secondary N) is 3. The maximum Gasteiger partial charge on any atom is 0.326 e. The second kappa shape index (κ2) is 9.98. The Hall–Kier alpha value is -1.87. The number of aliphatic hydroxyl groups is 1. The van der Waals surface area contributed by atoms with E-state index in [1.165, 1.54) is 14.0 Å². The van der Waals surface area contributed by atoms with Crippen LogP contribution in [0.4, 0.5) is 4.79 Å². The van der Waals surface area contributed by atoms with Gasteiger partial charge in [0.1, 0.15) is 12.1 Å². The number of carbonyl (C=O) groups is 3. The third-order valence-electron chi connectivity index (χ3n) is 2.37. The van der Waals surface area contributed by atoms with Crippen LogP contribution in [0.2, 0.25) is 0 Å². The monoisotopic (exact) mass is 291 g/mol. The summed E-state index contributed by atoms with van der Waals surface area (Å²) < 4.78 is 4.76. The molecule has 0 aliphatic heterocycles. The van der Waals surface area contributed by atoms with Crippen molar-refractivity contribution in [1.29, 1.82) is 0 Å². The lowest BCUT2D eigenvalue weighted by atomic mass is 10.2. The SMILES string of the molecule is COCCNC(=O)C(C)NC(=O)NC(CCO)C(=O)O. The summed E-state index contributed by atoms with van der Waals surface area (Å²) in [6, 6.07) is -2.82. The number of rotatable bonds is 9. The van der Waals surface area contributed by atoms with Gasteiger partial charge in [-0.05, 0) is 6.92 Å². The highest BCUT2D eigenvalue weighted by Gasteiger charge is 2.21. The van der Waals surface area contributed by atoms with Crippen molar-refractivity contribution in [3.8, 4) is 0 Å². The first-order valence-corrected chi connectivity index (χ1v) is 6.09. The topological polar surface area (TPSA) is 137 Å². The first-order valence-electron chi connectivity index (χ1n) is 6.09. The van der Waals surface area contributed by atoms with Crippen molar-refractivity contribution in [1.82, 2.24) is 16.0 Å². The summed E-state index contributed by atoms with van der Waals surface area (Å²) in [4.78, 5) is 33.8. The summed E-state index contributed by atoms with van der Waals surface area (Å²) in [5.74, 6) is -1.67. The molecule has 0 aliphatic carbocycles. The van der Waals surface area contributed by atoms with Crippen LogP contribution in [0.15, 0.2) is 0 Å². The Morgan fingerprint density at radius 1 is 1.25 bits per heavy atom. The molecule has 0 rings (SSSR count). The third-order valence-corrected chi connectivity index (χ3v) is 2.37. The number of carbonyl (C=O) groups excluding carboxylic acids is 2. The molecule has 0 aliphatic rings. The molecule has 5 N–H and O–H groups in total. The van der Waals surface area contributed by atoms with E-state index in [2.05, 4.69) is 16.0 Å². The highest BCUT2D eigenvalue weighted by molar-refractivity contribution is 5.88. The average molecular weight is 291 g/mol. The molecule has 2 atom stereocenters. The molecule has 0 bridgehead atoms. The predicted molar refractivity (Wildman–Crippen MR) is 69.1 cm³/mol. The van der Waals surface area contributed by atoms with Crippen LogP contribution in [0.1, 0.15) is 13.3 Å². The maximum absolute atomic E-state index is 11.5. The molecule has 0 radical (unpaired) electrons. The molecule has 0 aromatic carbocycles. The minimum Gasteiger partial charge on any atom is -0.480 e. The molecule has 0 aromatic rings. The van der Waals surface area contributed by atoms with Crippen molar-refractivity contribution in [3.05, 3.63) is 0 Å². The summed E-state index contributed by atoms with van der Waals surface area (Å²) in [7, 11) is 1.49. The minimum absolute atomic E-state index is 0.114. The van der Waals surface area contributed by atoms with Crippen LogP contribution in [-0.4, -0.2) is 67.1 Å². The van der Waals surface area contributed by atoms with Crippen molar-refractivity contribution < 1.29 is 29.3 Å². The maximum atomic E-state index is 11.5. The first-order chi connectivity index (χ1) is 9.42. The smallest absolute Gasteiger partial charge is 0.326 e. The van der Waals surface area contributed by atoms with Crippen LogP contribution in [0.25, 0.3) is 0 Å². The van der Waals surface area contributed by atoms with Crippen molar-refractivity contribution in [2.24, 2.45) is 0 Å². The van der Waals surface area contributed by atoms with Gasteiger partial charge in [0.2, 0.25) is 5.91 Å². The number of aliphatic hydroxyl groups excluding tert-OH is 1. The van der Waals surface area contributed by atoms with E-state index in [4.69, 9.17) is 14.9 Å². The highest BCUT2D eigenvalue weighted by atomic mass is 16.5. The lowest BCUT2D eigenvalue weighted by molar-refractivity contribution is -0.139. The Labute approximate surface area is 116 Å². The van der Waals surface area contributed by atoms with Crippen LogP contribution in [0.5, 0.6) is 0 Å². The van der Waals surface area contributed by atoms with Crippen molar-refractivity contribution in [2.45, 2.75) is 25.4 Å². The van der Waals surface area contributed by atoms with Gasteiger partial charge in [0.15, 0.2) is 0 Å². The minimum atomic E-state index is -1.26. The van der Waals surface area contributed by atoms with Crippen LogP contribution in [-0.2, 0) is 14.3 Å². The number of carboxylic acid groups (broad SMARTS) is 1. The summed E-state index contributed by atoms with van der Waals surface area (Å²) in [6.45, 7) is 1.75. The van der Waals surface area contributed by atoms with Gasteiger partial charge < -0.3 is 30.9 Å². The Bertz CT molecular complexity index is 336. The third kappa shape index (κ3) is 7.54. The molecule has 0 saturated heterocycles. The molecule has 0 saturated carbocycles. The van der Waals surface area contributed by atoms with Crippen LogP contribution in [0.3, 0.4) is 0 Å². The van der Waals surface area contributed by atoms with Gasteiger partial charge in [0.25, 0.3) is 0 Å². The summed E-state index contributed by atoms with van der Waals surface area (Å²) >= 11 is 0. The fraction of sp³-hybridized carbons (Fsp3) is 0.727. The van der Waals surface area contributed by atoms with Crippen molar-refractivity contribution in [2.75, 3.05) is 26.9 Å². The Morgan fingerprint density at radius 2 is 1.90 bits per heavy atom. The van der Waals surface area contributed by atoms with Crippen LogP contribution in [0, 0.1) is 0 Å². The Kier molecular flexibility index (Phi) is 9.05. The van der Waals surface area contributed by atoms with Gasteiger partial charge in [-0.3, -0.25) is 4.79 Å². The fourth-order valence-corrected chi connectivity index (χ4v) is 1.28. The number of amides is 3. The van der Waals surface area contributed by atoms with E-state index >= 15 is 0 Å². The van der Waals surface area contributed by atoms with Gasteiger partial charge >= 0.3 is 12.0 Å². The molecule has 0 aromatic heterocycles. The molecular weight excluding hydrogens is 270 g/mol. The molecule has 0 heterocycles. The van der Waals surface area contributed by atoms with Gasteiger partial charge in [0, 0.05) is 26.7 Å². The first kappa shape index (κ1) is 18.1. The average Bonchev–Trinajstić information content (AvgIpc) is 2.38. The van der Waals surface area contributed by atoms with E-state index in [1.54, 1.807) is 0 Å². The summed E-state index contributed by atoms with van der Waals surface area (Å²) in [5.41, 5.74) is 0. The normalized spacial score (nSPS) is 13.2. The van der Waals surface area contributed by atoms with E-state index in [0.717, 1.165) is 0 Å². The highest BCUT2D eigenvalue weighted by Crippen LogP contribution is 1.92. The van der Waals surface area contributed by atoms with Gasteiger partial charge in [-0.1, -0.05) is 0 Å². The van der Waals surface area contributed by atoms with Crippen molar-refractivity contribution >= 4 is 17.9 Å². The lowest BCUT2D eigenvalue weighted by Gasteiger charge is -2.17. The second-order valence-electron chi connectivity index (χ2n) is 4.03. The Balaban J connectivity index is 4.17. The lowest BCUT2D eigenvalue weighted by Crippen LogP contribution is -2.52. The Morgan fingerprint density at radius 3 is 2.40 bits per heavy atom.